The van der Waals surface area contributed by atoms with Gasteiger partial charge in [0.15, 0.2) is 0 Å². The van der Waals surface area contributed by atoms with Gasteiger partial charge in [0.25, 0.3) is 0 Å². The van der Waals surface area contributed by atoms with Crippen molar-refractivity contribution < 1.29 is 4.74 Å². The predicted octanol–water partition coefficient (Wildman–Crippen LogP) is 2.18. The number of morpholine rings is 1. The Bertz CT molecular complexity index is 378. The molecule has 0 aliphatic carbocycles. The van der Waals surface area contributed by atoms with Crippen molar-refractivity contribution >= 4 is 21.6 Å². The lowest BCUT2D eigenvalue weighted by atomic mass is 10.2. The molecule has 3 nitrogen and oxygen atoms in total. The minimum atomic E-state index is 0.286. The zero-order valence-electron chi connectivity index (χ0n) is 10.4. The molecule has 4 heteroatoms. The van der Waals surface area contributed by atoms with Gasteiger partial charge in [-0.15, -0.1) is 0 Å². The molecule has 1 aliphatic heterocycles. The lowest BCUT2D eigenvalue weighted by Crippen LogP contribution is -2.44. The van der Waals surface area contributed by atoms with Crippen molar-refractivity contribution in [1.29, 1.82) is 0 Å². The first-order valence-electron chi connectivity index (χ1n) is 5.96. The van der Waals surface area contributed by atoms with Gasteiger partial charge in [-0.05, 0) is 24.6 Å². The summed E-state index contributed by atoms with van der Waals surface area (Å²) in [5.41, 5.74) is 2.48. The average molecular weight is 299 g/mol. The fraction of sp³-hybridized carbons (Fsp3) is 0.538. The van der Waals surface area contributed by atoms with Crippen molar-refractivity contribution in [3.8, 4) is 0 Å². The van der Waals surface area contributed by atoms with Crippen molar-refractivity contribution in [3.05, 3.63) is 28.2 Å². The highest BCUT2D eigenvalue weighted by molar-refractivity contribution is 9.10. The van der Waals surface area contributed by atoms with Gasteiger partial charge in [0.1, 0.15) is 0 Å². The van der Waals surface area contributed by atoms with Gasteiger partial charge in [-0.25, -0.2) is 0 Å². The molecule has 1 saturated heterocycles. The van der Waals surface area contributed by atoms with Gasteiger partial charge in [0.05, 0.1) is 12.7 Å². The van der Waals surface area contributed by atoms with Crippen LogP contribution in [0.25, 0.3) is 0 Å². The molecule has 0 amide bonds. The van der Waals surface area contributed by atoms with E-state index in [1.807, 2.05) is 0 Å². The first-order valence-corrected chi connectivity index (χ1v) is 6.76. The van der Waals surface area contributed by atoms with Crippen LogP contribution in [0.4, 0.5) is 5.69 Å². The minimum Gasteiger partial charge on any atom is -0.374 e. The third-order valence-electron chi connectivity index (χ3n) is 3.08. The van der Waals surface area contributed by atoms with E-state index in [4.69, 9.17) is 4.74 Å². The molecule has 0 aromatic heterocycles. The molecular weight excluding hydrogens is 280 g/mol. The second kappa shape index (κ2) is 5.85. The second-order valence-electron chi connectivity index (χ2n) is 4.51. The van der Waals surface area contributed by atoms with E-state index in [9.17, 15) is 0 Å². The van der Waals surface area contributed by atoms with Gasteiger partial charge in [0.2, 0.25) is 0 Å². The number of hydrogen-bond donors (Lipinski definition) is 1. The van der Waals surface area contributed by atoms with Crippen LogP contribution >= 0.6 is 15.9 Å². The molecular formula is C13H19BrN2O. The molecule has 2 rings (SSSR count). The number of likely N-dealkylation sites (N-methyl/N-ethyl adjacent to an activating group) is 1. The van der Waals surface area contributed by atoms with Gasteiger partial charge in [-0.1, -0.05) is 22.0 Å². The SMILES string of the molecule is Cc1ccc(N(C)CC2CNCCO2)cc1Br. The largest absolute Gasteiger partial charge is 0.374 e. The van der Waals surface area contributed by atoms with Crippen LogP contribution in [0.2, 0.25) is 0 Å². The van der Waals surface area contributed by atoms with Gasteiger partial charge in [0, 0.05) is 36.8 Å². The third-order valence-corrected chi connectivity index (χ3v) is 3.93. The predicted molar refractivity (Wildman–Crippen MR) is 74.8 cm³/mol. The van der Waals surface area contributed by atoms with Gasteiger partial charge < -0.3 is 15.0 Å². The van der Waals surface area contributed by atoms with E-state index in [0.717, 1.165) is 30.7 Å². The van der Waals surface area contributed by atoms with Crippen LogP contribution in [-0.2, 0) is 4.74 Å². The fourth-order valence-corrected chi connectivity index (χ4v) is 2.33. The Balaban J connectivity index is 1.98. The number of aryl methyl sites for hydroxylation is 1. The molecule has 0 radical (unpaired) electrons. The molecule has 94 valence electrons. The summed E-state index contributed by atoms with van der Waals surface area (Å²) >= 11 is 3.57. The Morgan fingerprint density at radius 1 is 1.53 bits per heavy atom. The van der Waals surface area contributed by atoms with Crippen LogP contribution in [0.1, 0.15) is 5.56 Å². The van der Waals surface area contributed by atoms with Crippen LogP contribution in [0.5, 0.6) is 0 Å². The molecule has 0 saturated carbocycles. The smallest absolute Gasteiger partial charge is 0.0874 e. The highest BCUT2D eigenvalue weighted by atomic mass is 79.9. The fourth-order valence-electron chi connectivity index (χ4n) is 1.97. The van der Waals surface area contributed by atoms with Crippen molar-refractivity contribution in [2.75, 3.05) is 38.2 Å². The van der Waals surface area contributed by atoms with Crippen LogP contribution in [0.15, 0.2) is 22.7 Å². The monoisotopic (exact) mass is 298 g/mol. The Kier molecular flexibility index (Phi) is 4.42. The van der Waals surface area contributed by atoms with Crippen LogP contribution < -0.4 is 10.2 Å². The van der Waals surface area contributed by atoms with E-state index in [1.165, 1.54) is 11.3 Å². The van der Waals surface area contributed by atoms with Crippen molar-refractivity contribution in [2.45, 2.75) is 13.0 Å². The first kappa shape index (κ1) is 12.9. The summed E-state index contributed by atoms with van der Waals surface area (Å²) in [5.74, 6) is 0. The highest BCUT2D eigenvalue weighted by Gasteiger charge is 2.15. The van der Waals surface area contributed by atoms with Crippen molar-refractivity contribution in [1.82, 2.24) is 5.32 Å². The summed E-state index contributed by atoms with van der Waals surface area (Å²) in [5, 5.41) is 3.35. The number of nitrogens with zero attached hydrogens (tertiary/aromatic N) is 1. The lowest BCUT2D eigenvalue weighted by Gasteiger charge is -2.29. The van der Waals surface area contributed by atoms with E-state index in [1.54, 1.807) is 0 Å². The maximum atomic E-state index is 5.71. The molecule has 1 heterocycles. The summed E-state index contributed by atoms with van der Waals surface area (Å²) in [4.78, 5) is 2.24. The number of nitrogens with one attached hydrogen (secondary N) is 1. The van der Waals surface area contributed by atoms with Crippen LogP contribution in [0.3, 0.4) is 0 Å². The summed E-state index contributed by atoms with van der Waals surface area (Å²) in [6, 6.07) is 6.44. The molecule has 1 atom stereocenters. The highest BCUT2D eigenvalue weighted by Crippen LogP contribution is 2.23. The van der Waals surface area contributed by atoms with E-state index in [-0.39, 0.29) is 6.10 Å². The third kappa shape index (κ3) is 3.44. The second-order valence-corrected chi connectivity index (χ2v) is 5.37. The van der Waals surface area contributed by atoms with Crippen LogP contribution in [0, 0.1) is 6.92 Å². The molecule has 0 spiro atoms. The van der Waals surface area contributed by atoms with E-state index in [0.29, 0.717) is 0 Å². The lowest BCUT2D eigenvalue weighted by molar-refractivity contribution is 0.0340. The van der Waals surface area contributed by atoms with Gasteiger partial charge in [-0.3, -0.25) is 0 Å². The van der Waals surface area contributed by atoms with E-state index < -0.39 is 0 Å². The number of halogens is 1. The summed E-state index contributed by atoms with van der Waals surface area (Å²) in [6.07, 6.45) is 0.286. The normalized spacial score (nSPS) is 20.3. The number of anilines is 1. The van der Waals surface area contributed by atoms with Crippen LogP contribution in [-0.4, -0.2) is 39.4 Å². The molecule has 1 unspecified atom stereocenters. The summed E-state index contributed by atoms with van der Waals surface area (Å²) < 4.78 is 6.87. The zero-order valence-corrected chi connectivity index (χ0v) is 12.0. The van der Waals surface area contributed by atoms with E-state index in [2.05, 4.69) is 58.3 Å². The van der Waals surface area contributed by atoms with Gasteiger partial charge in [-0.2, -0.15) is 0 Å². The summed E-state index contributed by atoms with van der Waals surface area (Å²) in [6.45, 7) is 5.74. The Morgan fingerprint density at radius 3 is 3.00 bits per heavy atom. The minimum absolute atomic E-state index is 0.286. The topological polar surface area (TPSA) is 24.5 Å². The maximum Gasteiger partial charge on any atom is 0.0874 e. The Labute approximate surface area is 111 Å². The average Bonchev–Trinajstić information content (AvgIpc) is 2.34. The number of rotatable bonds is 3. The molecule has 17 heavy (non-hydrogen) atoms. The van der Waals surface area contributed by atoms with Crippen molar-refractivity contribution in [2.24, 2.45) is 0 Å². The first-order chi connectivity index (χ1) is 8.16. The number of ether oxygens (including phenoxy) is 1. The molecule has 1 fully saturated rings. The zero-order chi connectivity index (χ0) is 12.3. The quantitative estimate of drug-likeness (QED) is 0.926. The Hall–Kier alpha value is -0.580. The number of hydrogen-bond acceptors (Lipinski definition) is 3. The molecule has 1 aromatic carbocycles. The molecule has 1 aliphatic rings. The molecule has 0 bridgehead atoms. The van der Waals surface area contributed by atoms with E-state index >= 15 is 0 Å². The molecule has 1 aromatic rings. The maximum absolute atomic E-state index is 5.71. The number of benzene rings is 1. The van der Waals surface area contributed by atoms with Gasteiger partial charge >= 0.3 is 0 Å². The standard InChI is InChI=1S/C13H19BrN2O/c1-10-3-4-11(7-13(10)14)16(2)9-12-8-15-5-6-17-12/h3-4,7,12,15H,5-6,8-9H2,1-2H3. The molecule has 1 N–H and O–H groups in total. The Morgan fingerprint density at radius 2 is 2.35 bits per heavy atom. The van der Waals surface area contributed by atoms with Crippen molar-refractivity contribution in [3.63, 3.8) is 0 Å². The summed E-state index contributed by atoms with van der Waals surface area (Å²) in [7, 11) is 2.11.